The van der Waals surface area contributed by atoms with E-state index < -0.39 is 6.10 Å². The maximum absolute atomic E-state index is 9.69. The van der Waals surface area contributed by atoms with Crippen molar-refractivity contribution in [2.24, 2.45) is 0 Å². The molecule has 0 amide bonds. The van der Waals surface area contributed by atoms with Gasteiger partial charge in [-0.25, -0.2) is 0 Å². The molecule has 1 aromatic carbocycles. The molecule has 0 aromatic heterocycles. The number of aryl methyl sites for hydroxylation is 1. The Morgan fingerprint density at radius 3 is 2.44 bits per heavy atom. The average molecular weight is 208 g/mol. The molecule has 4 radical (unpaired) electrons. The van der Waals surface area contributed by atoms with Crippen molar-refractivity contribution in [1.29, 1.82) is 0 Å². The van der Waals surface area contributed by atoms with Gasteiger partial charge in [-0.2, -0.15) is 0 Å². The Labute approximate surface area is 99.4 Å². The first kappa shape index (κ1) is 11.5. The predicted molar refractivity (Wildman–Crippen MR) is 69.9 cm³/mol. The van der Waals surface area contributed by atoms with Crippen LogP contribution in [0.25, 0.3) is 5.57 Å². The second-order valence-corrected chi connectivity index (χ2v) is 4.55. The normalized spacial score (nSPS) is 16.5. The zero-order valence-electron chi connectivity index (χ0n) is 9.96. The molecule has 1 N–H and O–H groups in total. The van der Waals surface area contributed by atoms with Crippen LogP contribution in [0.4, 0.5) is 0 Å². The van der Waals surface area contributed by atoms with Crippen LogP contribution in [0, 0.1) is 6.92 Å². The molecule has 0 bridgehead atoms. The molecule has 0 spiro atoms. The fourth-order valence-corrected chi connectivity index (χ4v) is 2.38. The Morgan fingerprint density at radius 1 is 1.25 bits per heavy atom. The molecule has 1 aliphatic carbocycles. The molecule has 0 saturated heterocycles. The van der Waals surface area contributed by atoms with Crippen LogP contribution in [0.5, 0.6) is 0 Å². The van der Waals surface area contributed by atoms with Crippen molar-refractivity contribution in [3.63, 3.8) is 0 Å². The van der Waals surface area contributed by atoms with Gasteiger partial charge in [-0.3, -0.25) is 0 Å². The Morgan fingerprint density at radius 2 is 1.88 bits per heavy atom. The Bertz CT molecular complexity index is 487. The van der Waals surface area contributed by atoms with Gasteiger partial charge in [0, 0.05) is 0 Å². The van der Waals surface area contributed by atoms with Crippen LogP contribution in [-0.2, 0) is 6.42 Å². The molecule has 1 aliphatic rings. The van der Waals surface area contributed by atoms with Gasteiger partial charge in [0.25, 0.3) is 0 Å². The summed E-state index contributed by atoms with van der Waals surface area (Å²) in [6.07, 6.45) is 0.295. The standard InChI is InChI=1S/C13H14B2O/c1-6-4-10-7(2)9(8(3)16)5-11(10)13(15)12(6)14/h4,8,16H,5H2,1-3H3. The minimum absolute atomic E-state index is 0.423. The molecule has 1 atom stereocenters. The van der Waals surface area contributed by atoms with Crippen LogP contribution in [0.2, 0.25) is 0 Å². The van der Waals surface area contributed by atoms with Crippen LogP contribution in [-0.4, -0.2) is 26.9 Å². The Hall–Kier alpha value is -0.950. The van der Waals surface area contributed by atoms with Gasteiger partial charge >= 0.3 is 0 Å². The highest BCUT2D eigenvalue weighted by Crippen LogP contribution is 2.33. The van der Waals surface area contributed by atoms with E-state index in [2.05, 4.69) is 6.07 Å². The molecular weight excluding hydrogens is 194 g/mol. The van der Waals surface area contributed by atoms with Crippen LogP contribution >= 0.6 is 0 Å². The molecule has 78 valence electrons. The van der Waals surface area contributed by atoms with Crippen molar-refractivity contribution in [1.82, 2.24) is 0 Å². The average Bonchev–Trinajstić information content (AvgIpc) is 2.54. The highest BCUT2D eigenvalue weighted by atomic mass is 16.3. The van der Waals surface area contributed by atoms with E-state index in [0.29, 0.717) is 10.9 Å². The third-order valence-corrected chi connectivity index (χ3v) is 3.48. The van der Waals surface area contributed by atoms with E-state index in [1.807, 2.05) is 13.8 Å². The second kappa shape index (κ2) is 3.81. The smallest absolute Gasteiger partial charge is 0.113 e. The number of benzene rings is 1. The van der Waals surface area contributed by atoms with E-state index in [1.165, 1.54) is 0 Å². The first-order chi connectivity index (χ1) is 7.43. The summed E-state index contributed by atoms with van der Waals surface area (Å²) in [6.45, 7) is 5.78. The predicted octanol–water partition coefficient (Wildman–Crippen LogP) is 0.293. The lowest BCUT2D eigenvalue weighted by atomic mass is 9.73. The van der Waals surface area contributed by atoms with Gasteiger partial charge < -0.3 is 5.11 Å². The highest BCUT2D eigenvalue weighted by molar-refractivity contribution is 6.50. The van der Waals surface area contributed by atoms with Gasteiger partial charge in [0.1, 0.15) is 15.7 Å². The van der Waals surface area contributed by atoms with Crippen LogP contribution in [0.15, 0.2) is 11.6 Å². The van der Waals surface area contributed by atoms with Crippen molar-refractivity contribution in [2.75, 3.05) is 0 Å². The van der Waals surface area contributed by atoms with E-state index in [9.17, 15) is 5.11 Å². The van der Waals surface area contributed by atoms with Crippen LogP contribution in [0.3, 0.4) is 0 Å². The number of hydrogen-bond donors (Lipinski definition) is 1. The topological polar surface area (TPSA) is 20.2 Å². The van der Waals surface area contributed by atoms with Crippen LogP contribution < -0.4 is 10.9 Å². The molecule has 0 aliphatic heterocycles. The monoisotopic (exact) mass is 208 g/mol. The zero-order valence-corrected chi connectivity index (χ0v) is 9.96. The fraction of sp³-hybridized carbons (Fsp3) is 0.385. The van der Waals surface area contributed by atoms with Crippen LogP contribution in [0.1, 0.15) is 30.5 Å². The minimum atomic E-state index is -0.423. The molecule has 0 saturated carbocycles. The molecule has 16 heavy (non-hydrogen) atoms. The van der Waals surface area contributed by atoms with E-state index in [1.54, 1.807) is 6.92 Å². The van der Waals surface area contributed by atoms with Gasteiger partial charge in [-0.1, -0.05) is 17.1 Å². The molecule has 1 unspecified atom stereocenters. The molecule has 0 heterocycles. The zero-order chi connectivity index (χ0) is 12.0. The van der Waals surface area contributed by atoms with E-state index in [-0.39, 0.29) is 0 Å². The van der Waals surface area contributed by atoms with Gasteiger partial charge in [-0.15, -0.1) is 5.46 Å². The minimum Gasteiger partial charge on any atom is -0.389 e. The summed E-state index contributed by atoms with van der Waals surface area (Å²) in [7, 11) is 11.9. The van der Waals surface area contributed by atoms with Gasteiger partial charge in [0.2, 0.25) is 0 Å². The number of rotatable bonds is 1. The molecule has 0 fully saturated rings. The fourth-order valence-electron chi connectivity index (χ4n) is 2.38. The SMILES string of the molecule is [B]c1c(C)cc2c(c1[B])CC(C(C)O)=C2C. The van der Waals surface area contributed by atoms with E-state index in [0.717, 1.165) is 34.3 Å². The summed E-state index contributed by atoms with van der Waals surface area (Å²) in [5.41, 5.74) is 6.73. The summed E-state index contributed by atoms with van der Waals surface area (Å²) in [5, 5.41) is 9.69. The first-order valence-electron chi connectivity index (χ1n) is 5.49. The number of allylic oxidation sites excluding steroid dienone is 1. The number of aliphatic hydroxyl groups is 1. The summed E-state index contributed by atoms with van der Waals surface area (Å²) in [4.78, 5) is 0. The first-order valence-corrected chi connectivity index (χ1v) is 5.49. The highest BCUT2D eigenvalue weighted by Gasteiger charge is 2.23. The van der Waals surface area contributed by atoms with Crippen molar-refractivity contribution in [3.05, 3.63) is 28.3 Å². The van der Waals surface area contributed by atoms with Crippen molar-refractivity contribution in [2.45, 2.75) is 33.3 Å². The second-order valence-electron chi connectivity index (χ2n) is 4.55. The molecule has 1 aromatic rings. The maximum atomic E-state index is 9.69. The summed E-state index contributed by atoms with van der Waals surface area (Å²) >= 11 is 0. The lowest BCUT2D eigenvalue weighted by Gasteiger charge is -2.13. The largest absolute Gasteiger partial charge is 0.389 e. The summed E-state index contributed by atoms with van der Waals surface area (Å²) in [5.74, 6) is 0. The lowest BCUT2D eigenvalue weighted by Crippen LogP contribution is -2.32. The quantitative estimate of drug-likeness (QED) is 0.657. The van der Waals surface area contributed by atoms with Gasteiger partial charge in [0.15, 0.2) is 0 Å². The number of aliphatic hydroxyl groups excluding tert-OH is 1. The summed E-state index contributed by atoms with van der Waals surface area (Å²) < 4.78 is 0. The third kappa shape index (κ3) is 1.54. The molecular formula is C13H14B2O. The Kier molecular flexibility index (Phi) is 2.75. The molecule has 1 nitrogen and oxygen atoms in total. The van der Waals surface area contributed by atoms with Crippen molar-refractivity contribution >= 4 is 32.2 Å². The van der Waals surface area contributed by atoms with E-state index in [4.69, 9.17) is 15.7 Å². The van der Waals surface area contributed by atoms with Crippen molar-refractivity contribution in [3.8, 4) is 0 Å². The Balaban J connectivity index is 2.62. The van der Waals surface area contributed by atoms with Crippen molar-refractivity contribution < 1.29 is 5.11 Å². The lowest BCUT2D eigenvalue weighted by molar-refractivity contribution is 0.230. The van der Waals surface area contributed by atoms with E-state index >= 15 is 0 Å². The maximum Gasteiger partial charge on any atom is 0.113 e. The summed E-state index contributed by atoms with van der Waals surface area (Å²) in [6, 6.07) is 2.06. The third-order valence-electron chi connectivity index (χ3n) is 3.48. The molecule has 3 heteroatoms. The number of fused-ring (bicyclic) bond motifs is 1. The van der Waals surface area contributed by atoms with Gasteiger partial charge in [0.05, 0.1) is 6.10 Å². The molecule has 2 rings (SSSR count). The van der Waals surface area contributed by atoms with Gasteiger partial charge in [-0.05, 0) is 49.5 Å². The number of hydrogen-bond acceptors (Lipinski definition) is 1.